The van der Waals surface area contributed by atoms with Crippen LogP contribution < -0.4 is 21.3 Å². The summed E-state index contributed by atoms with van der Waals surface area (Å²) in [5.41, 5.74) is 0.0274. The summed E-state index contributed by atoms with van der Waals surface area (Å²) >= 11 is 0. The van der Waals surface area contributed by atoms with Crippen molar-refractivity contribution < 1.29 is 19.0 Å². The van der Waals surface area contributed by atoms with Gasteiger partial charge in [-0.1, -0.05) is 72.8 Å². The molecule has 38 heavy (non-hydrogen) atoms. The fraction of sp³-hybridized carbons (Fsp3) is 0.241. The van der Waals surface area contributed by atoms with E-state index in [1.54, 1.807) is 7.11 Å². The largest absolute Gasteiger partial charge is 0.497 e. The Balaban J connectivity index is 1.67. The van der Waals surface area contributed by atoms with Gasteiger partial charge in [-0.2, -0.15) is 0 Å². The van der Waals surface area contributed by atoms with Crippen LogP contribution in [-0.2, 0) is 10.3 Å². The molecule has 4 atom stereocenters. The number of halogens is 1. The third-order valence-corrected chi connectivity index (χ3v) is 6.96. The number of aromatic amines is 1. The van der Waals surface area contributed by atoms with Crippen LogP contribution in [0.5, 0.6) is 5.75 Å². The highest BCUT2D eigenvalue weighted by atomic mass is 19.1. The predicted octanol–water partition coefficient (Wildman–Crippen LogP) is 2.72. The van der Waals surface area contributed by atoms with Gasteiger partial charge in [0.25, 0.3) is 5.56 Å². The third kappa shape index (κ3) is 4.56. The summed E-state index contributed by atoms with van der Waals surface area (Å²) in [4.78, 5) is 26.1. The minimum absolute atomic E-state index is 0.491. The number of aromatic nitrogens is 2. The van der Waals surface area contributed by atoms with Crippen LogP contribution in [0.3, 0.4) is 0 Å². The van der Waals surface area contributed by atoms with Gasteiger partial charge in [0.1, 0.15) is 11.9 Å². The molecule has 0 amide bonds. The van der Waals surface area contributed by atoms with E-state index in [0.29, 0.717) is 5.75 Å². The molecule has 0 spiro atoms. The molecular formula is C29H28FN3O5. The summed E-state index contributed by atoms with van der Waals surface area (Å²) in [5, 5.41) is 13.7. The van der Waals surface area contributed by atoms with Gasteiger partial charge in [-0.05, 0) is 28.8 Å². The van der Waals surface area contributed by atoms with Gasteiger partial charge >= 0.3 is 5.69 Å². The van der Waals surface area contributed by atoms with Crippen molar-refractivity contribution in [3.63, 3.8) is 0 Å². The van der Waals surface area contributed by atoms with Crippen molar-refractivity contribution in [2.75, 3.05) is 13.7 Å². The third-order valence-electron chi connectivity index (χ3n) is 6.96. The van der Waals surface area contributed by atoms with Gasteiger partial charge in [0.15, 0.2) is 12.4 Å². The smallest absolute Gasteiger partial charge is 0.330 e. The van der Waals surface area contributed by atoms with Gasteiger partial charge in [0, 0.05) is 12.3 Å². The lowest BCUT2D eigenvalue weighted by atomic mass is 9.76. The van der Waals surface area contributed by atoms with Gasteiger partial charge in [-0.25, -0.2) is 9.18 Å². The van der Waals surface area contributed by atoms with E-state index >= 15 is 4.39 Å². The molecule has 3 aromatic carbocycles. The number of nitrogens with zero attached hydrogens (tertiary/aromatic N) is 1. The van der Waals surface area contributed by atoms with Crippen LogP contribution in [0, 0.1) is 0 Å². The monoisotopic (exact) mass is 517 g/mol. The summed E-state index contributed by atoms with van der Waals surface area (Å²) in [6.45, 7) is -0.491. The van der Waals surface area contributed by atoms with Crippen LogP contribution in [0.25, 0.3) is 0 Å². The van der Waals surface area contributed by atoms with Crippen molar-refractivity contribution >= 4 is 0 Å². The Labute approximate surface area is 218 Å². The number of hydrogen-bond acceptors (Lipinski definition) is 6. The molecule has 4 aromatic rings. The van der Waals surface area contributed by atoms with E-state index in [0.717, 1.165) is 27.3 Å². The number of aliphatic hydroxyl groups excluding tert-OH is 1. The predicted molar refractivity (Wildman–Crippen MR) is 140 cm³/mol. The molecule has 1 aromatic heterocycles. The highest BCUT2D eigenvalue weighted by Crippen LogP contribution is 2.41. The number of aliphatic hydroxyl groups is 1. The second-order valence-corrected chi connectivity index (χ2v) is 9.09. The second-order valence-electron chi connectivity index (χ2n) is 9.09. The topological polar surface area (TPSA) is 106 Å². The molecule has 0 aliphatic carbocycles. The molecular weight excluding hydrogens is 489 g/mol. The highest BCUT2D eigenvalue weighted by Gasteiger charge is 2.50. The lowest BCUT2D eigenvalue weighted by Gasteiger charge is -2.40. The van der Waals surface area contributed by atoms with Crippen LogP contribution in [0.1, 0.15) is 22.9 Å². The molecule has 1 fully saturated rings. The molecule has 5 rings (SSSR count). The molecule has 1 saturated heterocycles. The molecule has 9 heteroatoms. The number of nitrogens with one attached hydrogen (secondary N) is 2. The Morgan fingerprint density at radius 2 is 1.53 bits per heavy atom. The van der Waals surface area contributed by atoms with Crippen LogP contribution in [-0.4, -0.2) is 46.7 Å². The molecule has 8 nitrogen and oxygen atoms in total. The molecule has 0 saturated carbocycles. The zero-order valence-corrected chi connectivity index (χ0v) is 20.7. The zero-order chi connectivity index (χ0) is 26.7. The quantitative estimate of drug-likeness (QED) is 0.311. The normalized spacial score (nSPS) is 21.3. The fourth-order valence-corrected chi connectivity index (χ4v) is 5.11. The van der Waals surface area contributed by atoms with Gasteiger partial charge in [-0.15, -0.1) is 0 Å². The summed E-state index contributed by atoms with van der Waals surface area (Å²) in [5.74, 6) is 0.669. The number of benzene rings is 3. The minimum Gasteiger partial charge on any atom is -0.497 e. The average Bonchev–Trinajstić information content (AvgIpc) is 3.27. The van der Waals surface area contributed by atoms with Crippen LogP contribution >= 0.6 is 0 Å². The molecule has 2 unspecified atom stereocenters. The Hall–Kier alpha value is -4.05. The van der Waals surface area contributed by atoms with Crippen molar-refractivity contribution in [3.8, 4) is 5.75 Å². The maximum absolute atomic E-state index is 16.3. The zero-order valence-electron chi connectivity index (χ0n) is 20.7. The van der Waals surface area contributed by atoms with Crippen LogP contribution in [0.4, 0.5) is 4.39 Å². The van der Waals surface area contributed by atoms with E-state index in [-0.39, 0.29) is 0 Å². The summed E-state index contributed by atoms with van der Waals surface area (Å²) < 4.78 is 28.5. The number of hydrogen-bond donors (Lipinski definition) is 3. The standard InChI is InChI=1S/C29H28FN3O5/c1-37-22-14-12-21(13-15-22)29(19-8-4-2-5-9-19,20-10-6-3-7-11-20)32-26-23(18-34)38-27(25(26)30)33-17-16-24(35)31-28(33)36/h2-17,23,25-27,32,34H,18H2,1H3,(H,31,35,36)/t23-,25?,26?,27-/m1/s1. The maximum Gasteiger partial charge on any atom is 0.330 e. The Kier molecular flexibility index (Phi) is 7.24. The number of methoxy groups -OCH3 is 1. The molecule has 1 aliphatic heterocycles. The van der Waals surface area contributed by atoms with E-state index in [1.165, 1.54) is 6.20 Å². The van der Waals surface area contributed by atoms with Gasteiger partial charge in [-0.3, -0.25) is 19.7 Å². The van der Waals surface area contributed by atoms with E-state index in [2.05, 4.69) is 10.3 Å². The van der Waals surface area contributed by atoms with E-state index in [9.17, 15) is 14.7 Å². The van der Waals surface area contributed by atoms with Gasteiger partial charge in [0.2, 0.25) is 0 Å². The van der Waals surface area contributed by atoms with Gasteiger partial charge in [0.05, 0.1) is 25.3 Å². The maximum atomic E-state index is 16.3. The van der Waals surface area contributed by atoms with Gasteiger partial charge < -0.3 is 14.6 Å². The average molecular weight is 518 g/mol. The van der Waals surface area contributed by atoms with Crippen molar-refractivity contribution in [1.29, 1.82) is 0 Å². The van der Waals surface area contributed by atoms with Crippen molar-refractivity contribution in [3.05, 3.63) is 135 Å². The number of ether oxygens (including phenoxy) is 2. The lowest BCUT2D eigenvalue weighted by Crippen LogP contribution is -2.56. The summed E-state index contributed by atoms with van der Waals surface area (Å²) in [7, 11) is 1.59. The highest BCUT2D eigenvalue weighted by molar-refractivity contribution is 5.51. The van der Waals surface area contributed by atoms with Crippen molar-refractivity contribution in [1.82, 2.24) is 14.9 Å². The Bertz CT molecular complexity index is 1430. The number of H-pyrrole nitrogens is 1. The molecule has 2 heterocycles. The van der Waals surface area contributed by atoms with E-state index in [4.69, 9.17) is 9.47 Å². The Morgan fingerprint density at radius 3 is 2.05 bits per heavy atom. The second kappa shape index (κ2) is 10.7. The summed E-state index contributed by atoms with van der Waals surface area (Å²) in [6, 6.07) is 26.8. The van der Waals surface area contributed by atoms with Crippen LogP contribution in [0.2, 0.25) is 0 Å². The van der Waals surface area contributed by atoms with E-state index < -0.39 is 47.9 Å². The molecule has 3 N–H and O–H groups in total. The van der Waals surface area contributed by atoms with Crippen LogP contribution in [0.15, 0.2) is 107 Å². The number of alkyl halides is 1. The van der Waals surface area contributed by atoms with Crippen molar-refractivity contribution in [2.45, 2.75) is 30.1 Å². The molecule has 196 valence electrons. The first-order valence-electron chi connectivity index (χ1n) is 12.2. The first-order valence-corrected chi connectivity index (χ1v) is 12.2. The first-order chi connectivity index (χ1) is 18.5. The van der Waals surface area contributed by atoms with E-state index in [1.807, 2.05) is 84.9 Å². The molecule has 1 aliphatic rings. The fourth-order valence-electron chi connectivity index (χ4n) is 5.11. The minimum atomic E-state index is -1.75. The lowest BCUT2D eigenvalue weighted by molar-refractivity contribution is -0.0413. The first kappa shape index (κ1) is 25.6. The molecule has 0 radical (unpaired) electrons. The summed E-state index contributed by atoms with van der Waals surface area (Å²) in [6.07, 6.45) is -2.89. The SMILES string of the molecule is COc1ccc(C(NC2C(F)[C@H](n3ccc(=O)[nH]c3=O)O[C@@H]2CO)(c2ccccc2)c2ccccc2)cc1. The molecule has 0 bridgehead atoms. The Morgan fingerprint density at radius 1 is 0.947 bits per heavy atom. The number of rotatable bonds is 8. The van der Waals surface area contributed by atoms with Crippen molar-refractivity contribution in [2.24, 2.45) is 0 Å².